The number of amides is 2. The molecule has 0 bridgehead atoms. The molecule has 3 rings (SSSR count). The third-order valence-electron chi connectivity index (χ3n) is 4.16. The fourth-order valence-corrected chi connectivity index (χ4v) is 4.65. The van der Waals surface area contributed by atoms with Gasteiger partial charge < -0.3 is 19.9 Å². The summed E-state index contributed by atoms with van der Waals surface area (Å²) >= 11 is 0. The van der Waals surface area contributed by atoms with Crippen molar-refractivity contribution in [2.75, 3.05) is 19.0 Å². The number of hydrogen-bond donors (Lipinski definition) is 2. The van der Waals surface area contributed by atoms with Crippen LogP contribution in [0.1, 0.15) is 0 Å². The zero-order valence-corrected chi connectivity index (χ0v) is 15.2. The minimum Gasteiger partial charge on any atom is -0.484 e. The van der Waals surface area contributed by atoms with E-state index in [1.807, 2.05) is 0 Å². The van der Waals surface area contributed by atoms with Crippen molar-refractivity contribution in [1.29, 1.82) is 0 Å². The maximum absolute atomic E-state index is 12.5. The van der Waals surface area contributed by atoms with Crippen molar-refractivity contribution in [3.05, 3.63) is 41.6 Å². The van der Waals surface area contributed by atoms with Gasteiger partial charge >= 0.3 is 5.97 Å². The van der Waals surface area contributed by atoms with Crippen molar-refractivity contribution in [1.82, 2.24) is 10.2 Å². The number of β-lactam (4-membered cyclic amide) rings is 1. The number of nitrogens with one attached hydrogen (secondary N) is 1. The molecule has 148 valence electrons. The Morgan fingerprint density at radius 2 is 2.04 bits per heavy atom. The van der Waals surface area contributed by atoms with Crippen LogP contribution in [0.5, 0.6) is 5.75 Å². The monoisotopic (exact) mass is 408 g/mol. The molecule has 1 aromatic rings. The molecule has 2 amide bonds. The summed E-state index contributed by atoms with van der Waals surface area (Å²) in [4.78, 5) is 47.3. The lowest BCUT2D eigenvalue weighted by atomic mass is 10.0. The Balaban J connectivity index is 1.68. The summed E-state index contributed by atoms with van der Waals surface area (Å²) in [5, 5.41) is 10.8. The molecule has 0 aromatic heterocycles. The molecule has 1 unspecified atom stereocenters. The number of carbonyl (C=O) groups excluding carboxylic acids is 3. The van der Waals surface area contributed by atoms with Gasteiger partial charge in [0.15, 0.2) is 6.61 Å². The zero-order chi connectivity index (χ0) is 20.3. The maximum Gasteiger partial charge on any atom is 0.352 e. The highest BCUT2D eigenvalue weighted by Crippen LogP contribution is 2.34. The highest BCUT2D eigenvalue weighted by molar-refractivity contribution is 7.86. The molecule has 0 saturated carbocycles. The van der Waals surface area contributed by atoms with Crippen LogP contribution >= 0.6 is 0 Å². The summed E-state index contributed by atoms with van der Waals surface area (Å²) in [6.45, 7) is -0.600. The molecular formula is C17H16N2O8S. The molecule has 0 aliphatic carbocycles. The van der Waals surface area contributed by atoms with Gasteiger partial charge in [-0.1, -0.05) is 18.2 Å². The summed E-state index contributed by atoms with van der Waals surface area (Å²) in [6, 6.07) is 7.46. The third-order valence-corrected chi connectivity index (χ3v) is 5.82. The number of para-hydroxylation sites is 1. The molecule has 3 atom stereocenters. The van der Waals surface area contributed by atoms with Gasteiger partial charge in [0.25, 0.3) is 18.3 Å². The Labute approximate surface area is 161 Å². The number of benzene rings is 1. The van der Waals surface area contributed by atoms with Crippen molar-refractivity contribution >= 4 is 35.1 Å². The summed E-state index contributed by atoms with van der Waals surface area (Å²) < 4.78 is 22.3. The van der Waals surface area contributed by atoms with E-state index in [4.69, 9.17) is 4.74 Å². The van der Waals surface area contributed by atoms with Gasteiger partial charge in [0, 0.05) is 5.57 Å². The average molecular weight is 408 g/mol. The van der Waals surface area contributed by atoms with Crippen molar-refractivity contribution in [2.45, 2.75) is 11.4 Å². The molecule has 1 saturated heterocycles. The molecule has 2 N–H and O–H groups in total. The minimum absolute atomic E-state index is 0.0692. The van der Waals surface area contributed by atoms with Gasteiger partial charge in [-0.3, -0.25) is 23.5 Å². The van der Waals surface area contributed by atoms with Crippen molar-refractivity contribution in [2.24, 2.45) is 0 Å². The molecule has 2 aliphatic heterocycles. The van der Waals surface area contributed by atoms with Crippen LogP contribution in [-0.4, -0.2) is 68.9 Å². The molecule has 10 nitrogen and oxygen atoms in total. The Hall–Kier alpha value is -3.21. The van der Waals surface area contributed by atoms with E-state index in [9.17, 15) is 28.5 Å². The first-order chi connectivity index (χ1) is 13.4. The molecule has 0 spiro atoms. The van der Waals surface area contributed by atoms with E-state index >= 15 is 0 Å². The SMILES string of the molecule is O=COCC1=C(C(=O)O)N2C(=O)[C@@H](NC(=O)COc3ccccc3)[C@H]2S(=O)C1. The van der Waals surface area contributed by atoms with Crippen LogP contribution in [-0.2, 0) is 34.7 Å². The molecule has 2 aliphatic rings. The van der Waals surface area contributed by atoms with Gasteiger partial charge in [-0.05, 0) is 12.1 Å². The van der Waals surface area contributed by atoms with Crippen LogP contribution in [0.2, 0.25) is 0 Å². The number of carboxylic acids is 1. The number of rotatable bonds is 8. The third kappa shape index (κ3) is 3.74. The normalized spacial score (nSPS) is 23.4. The maximum atomic E-state index is 12.5. The van der Waals surface area contributed by atoms with Crippen molar-refractivity contribution < 1.29 is 38.0 Å². The molecular weight excluding hydrogens is 392 g/mol. The lowest BCUT2D eigenvalue weighted by molar-refractivity contribution is -0.151. The topological polar surface area (TPSA) is 139 Å². The number of nitrogens with zero attached hydrogens (tertiary/aromatic N) is 1. The van der Waals surface area contributed by atoms with Gasteiger partial charge in [-0.25, -0.2) is 4.79 Å². The van der Waals surface area contributed by atoms with Crippen molar-refractivity contribution in [3.63, 3.8) is 0 Å². The van der Waals surface area contributed by atoms with Crippen LogP contribution < -0.4 is 10.1 Å². The molecule has 2 heterocycles. The van der Waals surface area contributed by atoms with Crippen LogP contribution in [0.15, 0.2) is 41.6 Å². The second-order valence-electron chi connectivity index (χ2n) is 5.94. The van der Waals surface area contributed by atoms with E-state index in [1.165, 1.54) is 0 Å². The quantitative estimate of drug-likeness (QED) is 0.412. The first-order valence-electron chi connectivity index (χ1n) is 8.12. The van der Waals surface area contributed by atoms with Crippen molar-refractivity contribution in [3.8, 4) is 5.75 Å². The van der Waals surface area contributed by atoms with Gasteiger partial charge in [0.05, 0.1) is 16.6 Å². The number of ether oxygens (including phenoxy) is 2. The Morgan fingerprint density at radius 3 is 2.68 bits per heavy atom. The van der Waals surface area contributed by atoms with Crippen LogP contribution in [0.3, 0.4) is 0 Å². The average Bonchev–Trinajstić information content (AvgIpc) is 2.68. The van der Waals surface area contributed by atoms with E-state index < -0.39 is 40.0 Å². The van der Waals surface area contributed by atoms with Gasteiger partial charge in [0.1, 0.15) is 29.5 Å². The highest BCUT2D eigenvalue weighted by Gasteiger charge is 2.57. The van der Waals surface area contributed by atoms with E-state index in [0.29, 0.717) is 5.75 Å². The first kappa shape index (κ1) is 19.5. The predicted octanol–water partition coefficient (Wildman–Crippen LogP) is -1.01. The molecule has 11 heteroatoms. The number of carboxylic acid groups (broad SMARTS) is 1. The zero-order valence-electron chi connectivity index (χ0n) is 14.4. The van der Waals surface area contributed by atoms with E-state index in [1.54, 1.807) is 30.3 Å². The summed E-state index contributed by atoms with van der Waals surface area (Å²) in [5.74, 6) is -2.42. The molecule has 1 aromatic carbocycles. The molecule has 1 fully saturated rings. The van der Waals surface area contributed by atoms with Gasteiger partial charge in [0.2, 0.25) is 0 Å². The van der Waals surface area contributed by atoms with Crippen LogP contribution in [0.25, 0.3) is 0 Å². The summed E-state index contributed by atoms with van der Waals surface area (Å²) in [6.07, 6.45) is 0. The Bertz CT molecular complexity index is 869. The first-order valence-corrected chi connectivity index (χ1v) is 9.50. The standard InChI is InChI=1S/C17H16N2O8S/c20-9-26-6-10-8-28(25)16-13(15(22)19(16)14(10)17(23)24)18-12(21)7-27-11-4-2-1-3-5-11/h1-5,9,13,16H,6-8H2,(H,18,21)(H,23,24)/t13-,16-,28?/m1/s1. The molecule has 28 heavy (non-hydrogen) atoms. The largest absolute Gasteiger partial charge is 0.484 e. The fourth-order valence-electron chi connectivity index (χ4n) is 2.98. The van der Waals surface area contributed by atoms with Crippen LogP contribution in [0, 0.1) is 0 Å². The number of aliphatic carboxylic acids is 1. The Morgan fingerprint density at radius 1 is 1.32 bits per heavy atom. The van der Waals surface area contributed by atoms with E-state index in [2.05, 4.69) is 10.1 Å². The number of carbonyl (C=O) groups is 4. The lowest BCUT2D eigenvalue weighted by Crippen LogP contribution is -2.74. The second kappa shape index (κ2) is 8.21. The predicted molar refractivity (Wildman–Crippen MR) is 94.2 cm³/mol. The fraction of sp³-hybridized carbons (Fsp3) is 0.294. The van der Waals surface area contributed by atoms with Crippen LogP contribution in [0.4, 0.5) is 0 Å². The second-order valence-corrected chi connectivity index (χ2v) is 7.47. The highest BCUT2D eigenvalue weighted by atomic mass is 32.2. The smallest absolute Gasteiger partial charge is 0.352 e. The molecule has 0 radical (unpaired) electrons. The van der Waals surface area contributed by atoms with Gasteiger partial charge in [-0.2, -0.15) is 0 Å². The lowest BCUT2D eigenvalue weighted by Gasteiger charge is -2.48. The van der Waals surface area contributed by atoms with E-state index in [0.717, 1.165) is 4.90 Å². The number of hydrogen-bond acceptors (Lipinski definition) is 7. The summed E-state index contributed by atoms with van der Waals surface area (Å²) in [7, 11) is -1.67. The minimum atomic E-state index is -1.67. The number of fused-ring (bicyclic) bond motifs is 1. The Kier molecular flexibility index (Phi) is 5.73. The summed E-state index contributed by atoms with van der Waals surface area (Å²) in [5.41, 5.74) is -0.304. The van der Waals surface area contributed by atoms with E-state index in [-0.39, 0.29) is 36.7 Å². The van der Waals surface area contributed by atoms with Gasteiger partial charge in [-0.15, -0.1) is 0 Å².